The lowest BCUT2D eigenvalue weighted by molar-refractivity contribution is -0.144. The number of rotatable bonds is 16. The Hall–Kier alpha value is -3.22. The van der Waals surface area contributed by atoms with Gasteiger partial charge < -0.3 is 37.0 Å². The Morgan fingerprint density at radius 3 is 1.59 bits per heavy atom. The minimum absolute atomic E-state index is 0.0598. The molecule has 0 saturated carbocycles. The van der Waals surface area contributed by atoms with E-state index in [-0.39, 0.29) is 31.1 Å². The van der Waals surface area contributed by atoms with E-state index in [0.29, 0.717) is 0 Å². The van der Waals surface area contributed by atoms with E-state index in [1.54, 1.807) is 13.8 Å². The highest BCUT2D eigenvalue weighted by Crippen LogP contribution is 2.08. The van der Waals surface area contributed by atoms with Crippen LogP contribution in [0.25, 0.3) is 0 Å². The van der Waals surface area contributed by atoms with Gasteiger partial charge >= 0.3 is 17.9 Å². The number of aliphatic carboxylic acids is 3. The van der Waals surface area contributed by atoms with Gasteiger partial charge in [-0.3, -0.25) is 24.0 Å². The van der Waals surface area contributed by atoms with Crippen LogP contribution in [0.15, 0.2) is 0 Å². The molecule has 0 saturated heterocycles. The van der Waals surface area contributed by atoms with Gasteiger partial charge in [0, 0.05) is 6.42 Å². The third-order valence-electron chi connectivity index (χ3n) is 4.68. The number of nitrogens with two attached hydrogens (primary N) is 1. The second kappa shape index (κ2) is 14.8. The first kappa shape index (κ1) is 30.8. The van der Waals surface area contributed by atoms with E-state index in [4.69, 9.17) is 15.9 Å². The summed E-state index contributed by atoms with van der Waals surface area (Å²) in [7, 11) is 0. The van der Waals surface area contributed by atoms with Gasteiger partial charge in [-0.1, -0.05) is 27.7 Å². The predicted octanol–water partition coefficient (Wildman–Crippen LogP) is -0.716. The van der Waals surface area contributed by atoms with Crippen molar-refractivity contribution in [1.82, 2.24) is 16.0 Å². The summed E-state index contributed by atoms with van der Waals surface area (Å²) < 4.78 is 0. The van der Waals surface area contributed by atoms with Crippen LogP contribution >= 0.6 is 0 Å². The van der Waals surface area contributed by atoms with Crippen LogP contribution in [-0.4, -0.2) is 75.1 Å². The van der Waals surface area contributed by atoms with Crippen molar-refractivity contribution in [3.63, 3.8) is 0 Å². The first-order valence-corrected chi connectivity index (χ1v) is 11.0. The fraction of sp³-hybridized carbons (Fsp3) is 0.714. The molecule has 0 aromatic rings. The second-order valence-corrected chi connectivity index (χ2v) is 8.92. The van der Waals surface area contributed by atoms with Crippen molar-refractivity contribution >= 4 is 35.6 Å². The van der Waals surface area contributed by atoms with Crippen molar-refractivity contribution in [2.24, 2.45) is 17.6 Å². The highest BCUT2D eigenvalue weighted by Gasteiger charge is 2.32. The molecule has 3 amide bonds. The molecule has 34 heavy (non-hydrogen) atoms. The summed E-state index contributed by atoms with van der Waals surface area (Å²) in [4.78, 5) is 71.4. The SMILES string of the molecule is CC(C)CC(N)C(=O)NC(CC(=O)O)C(=O)NC(CCC(=O)O)C(=O)NC(CC(C)C)C(=O)O. The Morgan fingerprint density at radius 2 is 1.15 bits per heavy atom. The molecule has 13 heteroatoms. The molecule has 4 atom stereocenters. The van der Waals surface area contributed by atoms with Crippen molar-refractivity contribution in [2.75, 3.05) is 0 Å². The summed E-state index contributed by atoms with van der Waals surface area (Å²) in [5, 5.41) is 34.2. The van der Waals surface area contributed by atoms with Crippen LogP contribution in [0.5, 0.6) is 0 Å². The smallest absolute Gasteiger partial charge is 0.326 e. The Balaban J connectivity index is 5.59. The summed E-state index contributed by atoms with van der Waals surface area (Å²) in [5.41, 5.74) is 5.77. The van der Waals surface area contributed by atoms with E-state index >= 15 is 0 Å². The number of carboxylic acid groups (broad SMARTS) is 3. The van der Waals surface area contributed by atoms with Crippen LogP contribution in [0, 0.1) is 11.8 Å². The van der Waals surface area contributed by atoms with Gasteiger partial charge in [0.2, 0.25) is 17.7 Å². The Morgan fingerprint density at radius 1 is 0.676 bits per heavy atom. The van der Waals surface area contributed by atoms with Gasteiger partial charge in [-0.2, -0.15) is 0 Å². The number of amides is 3. The maximum atomic E-state index is 12.7. The third-order valence-corrected chi connectivity index (χ3v) is 4.68. The normalized spacial score (nSPS) is 14.6. The molecule has 194 valence electrons. The van der Waals surface area contributed by atoms with Gasteiger partial charge in [-0.15, -0.1) is 0 Å². The van der Waals surface area contributed by atoms with Gasteiger partial charge in [-0.05, 0) is 31.1 Å². The first-order valence-electron chi connectivity index (χ1n) is 11.0. The van der Waals surface area contributed by atoms with E-state index in [1.165, 1.54) is 0 Å². The standard InChI is InChI=1S/C21H36N4O9/c1-10(2)7-12(22)18(30)24-14(9-17(28)29)20(32)23-13(5-6-16(26)27)19(31)25-15(21(33)34)8-11(3)4/h10-15H,5-9,22H2,1-4H3,(H,23,32)(H,24,30)(H,25,31)(H,26,27)(H,28,29)(H,33,34). The number of hydrogen-bond acceptors (Lipinski definition) is 7. The third kappa shape index (κ3) is 12.7. The van der Waals surface area contributed by atoms with Crippen molar-refractivity contribution in [3.05, 3.63) is 0 Å². The van der Waals surface area contributed by atoms with Crippen LogP contribution < -0.4 is 21.7 Å². The molecule has 4 unspecified atom stereocenters. The largest absolute Gasteiger partial charge is 0.481 e. The molecular formula is C21H36N4O9. The van der Waals surface area contributed by atoms with Crippen LogP contribution in [0.4, 0.5) is 0 Å². The number of nitrogens with one attached hydrogen (secondary N) is 3. The summed E-state index contributed by atoms with van der Waals surface area (Å²) in [6.07, 6.45) is -1.36. The Bertz CT molecular complexity index is 755. The molecule has 0 spiro atoms. The molecule has 8 N–H and O–H groups in total. The maximum absolute atomic E-state index is 12.7. The van der Waals surface area contributed by atoms with E-state index in [0.717, 1.165) is 0 Å². The summed E-state index contributed by atoms with van der Waals surface area (Å²) in [6, 6.07) is -5.34. The van der Waals surface area contributed by atoms with Crippen LogP contribution in [0.2, 0.25) is 0 Å². The van der Waals surface area contributed by atoms with Crippen LogP contribution in [-0.2, 0) is 28.8 Å². The zero-order valence-electron chi connectivity index (χ0n) is 19.9. The Kier molecular flexibility index (Phi) is 13.4. The van der Waals surface area contributed by atoms with Gasteiger partial charge in [-0.25, -0.2) is 4.79 Å². The zero-order chi connectivity index (χ0) is 26.6. The fourth-order valence-electron chi connectivity index (χ4n) is 3.05. The zero-order valence-corrected chi connectivity index (χ0v) is 19.9. The number of hydrogen-bond donors (Lipinski definition) is 7. The summed E-state index contributed by atoms with van der Waals surface area (Å²) >= 11 is 0. The summed E-state index contributed by atoms with van der Waals surface area (Å²) in [5.74, 6) is -6.76. The van der Waals surface area contributed by atoms with E-state index < -0.39 is 72.6 Å². The minimum Gasteiger partial charge on any atom is -0.481 e. The molecule has 0 heterocycles. The molecule has 0 aliphatic heterocycles. The molecule has 0 rings (SSSR count). The van der Waals surface area contributed by atoms with Crippen LogP contribution in [0.1, 0.15) is 59.8 Å². The number of carbonyl (C=O) groups is 6. The second-order valence-electron chi connectivity index (χ2n) is 8.92. The predicted molar refractivity (Wildman–Crippen MR) is 119 cm³/mol. The van der Waals surface area contributed by atoms with E-state index in [9.17, 15) is 33.9 Å². The van der Waals surface area contributed by atoms with Gasteiger partial charge in [0.15, 0.2) is 0 Å². The Labute approximate surface area is 197 Å². The van der Waals surface area contributed by atoms with Gasteiger partial charge in [0.05, 0.1) is 12.5 Å². The first-order chi connectivity index (χ1) is 15.6. The molecular weight excluding hydrogens is 452 g/mol. The quantitative estimate of drug-likeness (QED) is 0.144. The number of carboxylic acids is 3. The average molecular weight is 489 g/mol. The van der Waals surface area contributed by atoms with Crippen LogP contribution in [0.3, 0.4) is 0 Å². The van der Waals surface area contributed by atoms with E-state index in [2.05, 4.69) is 16.0 Å². The molecule has 0 radical (unpaired) electrons. The van der Waals surface area contributed by atoms with Gasteiger partial charge in [0.1, 0.15) is 18.1 Å². The number of carbonyl (C=O) groups excluding carboxylic acids is 3. The molecule has 0 bridgehead atoms. The topological polar surface area (TPSA) is 225 Å². The fourth-order valence-corrected chi connectivity index (χ4v) is 3.05. The van der Waals surface area contributed by atoms with Crippen molar-refractivity contribution in [2.45, 2.75) is 84.0 Å². The maximum Gasteiger partial charge on any atom is 0.326 e. The molecule has 13 nitrogen and oxygen atoms in total. The lowest BCUT2D eigenvalue weighted by Crippen LogP contribution is -2.57. The highest BCUT2D eigenvalue weighted by molar-refractivity contribution is 5.95. The molecule has 0 aromatic carbocycles. The van der Waals surface area contributed by atoms with Gasteiger partial charge in [0.25, 0.3) is 0 Å². The van der Waals surface area contributed by atoms with Crippen molar-refractivity contribution in [1.29, 1.82) is 0 Å². The molecule has 0 aliphatic rings. The lowest BCUT2D eigenvalue weighted by atomic mass is 10.0. The monoisotopic (exact) mass is 488 g/mol. The lowest BCUT2D eigenvalue weighted by Gasteiger charge is -2.25. The minimum atomic E-state index is -1.59. The van der Waals surface area contributed by atoms with Crippen molar-refractivity contribution in [3.8, 4) is 0 Å². The molecule has 0 aromatic heterocycles. The van der Waals surface area contributed by atoms with Crippen molar-refractivity contribution < 1.29 is 44.1 Å². The average Bonchev–Trinajstić information content (AvgIpc) is 2.68. The van der Waals surface area contributed by atoms with E-state index in [1.807, 2.05) is 13.8 Å². The molecule has 0 fully saturated rings. The summed E-state index contributed by atoms with van der Waals surface area (Å²) in [6.45, 7) is 7.14. The highest BCUT2D eigenvalue weighted by atomic mass is 16.4. The molecule has 0 aliphatic carbocycles.